The number of aliphatic hydroxyl groups excluding tert-OH is 1. The van der Waals surface area contributed by atoms with Crippen molar-refractivity contribution >= 4 is 29.7 Å². The number of para-hydroxylation sites is 1. The quantitative estimate of drug-likeness (QED) is 0.366. The smallest absolute Gasteiger partial charge is 0.410 e. The van der Waals surface area contributed by atoms with Crippen LogP contribution in [0.1, 0.15) is 77.5 Å². The van der Waals surface area contributed by atoms with Crippen molar-refractivity contribution in [2.75, 3.05) is 18.4 Å². The third kappa shape index (κ3) is 7.37. The van der Waals surface area contributed by atoms with Gasteiger partial charge in [0.1, 0.15) is 28.8 Å². The van der Waals surface area contributed by atoms with E-state index in [1.165, 1.54) is 4.90 Å². The molecular formula is C35H46N8O7. The molecule has 3 N–H and O–H groups in total. The predicted octanol–water partition coefficient (Wildman–Crippen LogP) is 2.92. The maximum atomic E-state index is 14.1. The number of hydrogen-bond acceptors (Lipinski definition) is 10. The highest BCUT2D eigenvalue weighted by Gasteiger charge is 2.59. The number of hydrogen-bond donors (Lipinski definition) is 3. The van der Waals surface area contributed by atoms with Gasteiger partial charge in [-0.1, -0.05) is 30.3 Å². The lowest BCUT2D eigenvalue weighted by Crippen LogP contribution is -2.59. The van der Waals surface area contributed by atoms with Crippen molar-refractivity contribution in [2.45, 2.75) is 109 Å². The third-order valence-electron chi connectivity index (χ3n) is 10.7. The average molecular weight is 691 g/mol. The van der Waals surface area contributed by atoms with Crippen LogP contribution in [0.3, 0.4) is 0 Å². The molecule has 1 aromatic carbocycles. The highest BCUT2D eigenvalue weighted by molar-refractivity contribution is 6.07. The van der Waals surface area contributed by atoms with Gasteiger partial charge >= 0.3 is 12.2 Å². The summed E-state index contributed by atoms with van der Waals surface area (Å²) in [5.41, 5.74) is 0.547. The van der Waals surface area contributed by atoms with Crippen molar-refractivity contribution < 1.29 is 33.8 Å². The summed E-state index contributed by atoms with van der Waals surface area (Å²) >= 11 is 0. The maximum absolute atomic E-state index is 14.1. The summed E-state index contributed by atoms with van der Waals surface area (Å²) in [6.45, 7) is 17.2. The fraction of sp³-hybridized carbons (Fsp3) is 0.629. The van der Waals surface area contributed by atoms with Crippen LogP contribution in [-0.4, -0.2) is 90.9 Å². The Morgan fingerprint density at radius 2 is 1.96 bits per heavy atom. The molecule has 0 radical (unpaired) electrons. The summed E-state index contributed by atoms with van der Waals surface area (Å²) in [6.07, 6.45) is 5.08. The highest BCUT2D eigenvalue weighted by atomic mass is 16.6. The van der Waals surface area contributed by atoms with E-state index in [9.17, 15) is 19.5 Å². The number of ether oxygens (including phenoxy) is 1. The summed E-state index contributed by atoms with van der Waals surface area (Å²) in [6, 6.07) is 6.73. The summed E-state index contributed by atoms with van der Waals surface area (Å²) in [5.74, 6) is 0.224. The summed E-state index contributed by atoms with van der Waals surface area (Å²) in [7, 11) is 0. The molecule has 4 heterocycles. The largest absolute Gasteiger partial charge is 0.444 e. The lowest BCUT2D eigenvalue weighted by Gasteiger charge is -2.49. The van der Waals surface area contributed by atoms with Crippen LogP contribution < -0.4 is 10.6 Å². The molecule has 0 spiro atoms. The van der Waals surface area contributed by atoms with E-state index in [4.69, 9.17) is 20.9 Å². The maximum Gasteiger partial charge on any atom is 0.410 e. The van der Waals surface area contributed by atoms with Gasteiger partial charge in [-0.05, 0) is 88.7 Å². The molecule has 7 atom stereocenters. The molecule has 50 heavy (non-hydrogen) atoms. The van der Waals surface area contributed by atoms with E-state index < -0.39 is 23.2 Å². The van der Waals surface area contributed by atoms with Crippen molar-refractivity contribution in [1.82, 2.24) is 30.2 Å². The van der Waals surface area contributed by atoms with Crippen molar-refractivity contribution in [1.29, 1.82) is 0 Å². The first-order chi connectivity index (χ1) is 23.8. The van der Waals surface area contributed by atoms with Gasteiger partial charge in [0.05, 0.1) is 25.4 Å². The third-order valence-corrected chi connectivity index (χ3v) is 10.7. The van der Waals surface area contributed by atoms with E-state index in [-0.39, 0.29) is 48.5 Å². The molecule has 15 heteroatoms. The Labute approximate surface area is 291 Å². The number of anilines is 1. The zero-order chi connectivity index (χ0) is 36.2. The van der Waals surface area contributed by atoms with E-state index in [0.29, 0.717) is 50.5 Å². The molecular weight excluding hydrogens is 644 g/mol. The van der Waals surface area contributed by atoms with E-state index in [1.807, 2.05) is 24.3 Å². The minimum atomic E-state index is -0.998. The topological polar surface area (TPSA) is 180 Å². The Morgan fingerprint density at radius 3 is 2.68 bits per heavy atom. The van der Waals surface area contributed by atoms with Crippen molar-refractivity contribution in [3.8, 4) is 0 Å². The molecule has 4 aliphatic rings. The van der Waals surface area contributed by atoms with Crippen molar-refractivity contribution in [3.63, 3.8) is 0 Å². The molecule has 2 aromatic rings. The standard InChI is InChI=1S/C34H46N8O5.CO2/c1-21-24-17-29(42(35-5)19-22(24)12-13-28(21)43)34(25-9-6-7-10-26(25)37-31(34)45)14-16-40-20-23(38-39-40)18-36-30(44)27-11-8-15-41(27)32(46)47-33(2,3)4;2-1-3/h6-7,9-10,20-22,24,27-29,43H,8,11-19H2,1-4H3,(H,36,44)(H,37,45);/t21-,22+,24-,27?,28+,29+,34+;/m1./s1. The molecule has 268 valence electrons. The number of benzene rings is 1. The Hall–Kier alpha value is -4.80. The Bertz CT molecular complexity index is 1640. The Morgan fingerprint density at radius 1 is 1.22 bits per heavy atom. The van der Waals surface area contributed by atoms with Gasteiger partial charge in [0, 0.05) is 18.8 Å². The first kappa shape index (κ1) is 36.5. The Balaban J connectivity index is 0.00000156. The van der Waals surface area contributed by atoms with Gasteiger partial charge in [0.15, 0.2) is 0 Å². The van der Waals surface area contributed by atoms with Crippen LogP contribution in [0.25, 0.3) is 4.95 Å². The first-order valence-corrected chi connectivity index (χ1v) is 17.2. The number of aromatic nitrogens is 3. The van der Waals surface area contributed by atoms with E-state index in [2.05, 4.69) is 32.8 Å². The fourth-order valence-electron chi connectivity index (χ4n) is 8.30. The molecule has 3 amide bonds. The number of fused-ring (bicyclic) bond motifs is 2. The molecule has 2 saturated heterocycles. The molecule has 1 saturated carbocycles. The second-order valence-electron chi connectivity index (χ2n) is 14.7. The minimum Gasteiger partial charge on any atom is -0.444 e. The number of nitrogens with zero attached hydrogens (tertiary/aromatic N) is 6. The molecule has 3 fully saturated rings. The molecule has 1 aromatic heterocycles. The number of nitrogens with one attached hydrogen (secondary N) is 2. The van der Waals surface area contributed by atoms with E-state index in [0.717, 1.165) is 30.5 Å². The normalized spacial score (nSPS) is 28.6. The monoisotopic (exact) mass is 690 g/mol. The number of carbonyl (C=O) groups excluding carboxylic acids is 5. The van der Waals surface area contributed by atoms with E-state index >= 15 is 0 Å². The van der Waals surface area contributed by atoms with Crippen LogP contribution >= 0.6 is 0 Å². The van der Waals surface area contributed by atoms with Crippen molar-refractivity contribution in [2.24, 2.45) is 17.8 Å². The zero-order valence-electron chi connectivity index (χ0n) is 29.0. The summed E-state index contributed by atoms with van der Waals surface area (Å²) in [5, 5.41) is 27.1. The molecule has 1 unspecified atom stereocenters. The van der Waals surface area contributed by atoms with Crippen molar-refractivity contribution in [3.05, 3.63) is 53.2 Å². The fourth-order valence-corrected chi connectivity index (χ4v) is 8.30. The minimum absolute atomic E-state index is 0.0921. The average Bonchev–Trinajstić information content (AvgIpc) is 3.82. The number of likely N-dealkylation sites (tertiary alicyclic amines) is 1. The van der Waals surface area contributed by atoms with Crippen LogP contribution in [0.2, 0.25) is 0 Å². The number of piperidine rings is 1. The van der Waals surface area contributed by atoms with Gasteiger partial charge in [-0.3, -0.25) is 19.2 Å². The molecule has 3 aliphatic heterocycles. The van der Waals surface area contributed by atoms with Gasteiger partial charge < -0.3 is 20.5 Å². The van der Waals surface area contributed by atoms with Gasteiger partial charge in [0.25, 0.3) is 0 Å². The zero-order valence-corrected chi connectivity index (χ0v) is 29.0. The number of carbonyl (C=O) groups is 3. The summed E-state index contributed by atoms with van der Waals surface area (Å²) in [4.78, 5) is 61.5. The lowest BCUT2D eigenvalue weighted by atomic mass is 9.61. The van der Waals surface area contributed by atoms with Crippen LogP contribution in [0, 0.1) is 24.3 Å². The molecule has 6 rings (SSSR count). The van der Waals surface area contributed by atoms with Crippen LogP contribution in [0.5, 0.6) is 0 Å². The number of aliphatic hydroxyl groups is 1. The molecule has 0 bridgehead atoms. The summed E-state index contributed by atoms with van der Waals surface area (Å²) < 4.78 is 7.17. The van der Waals surface area contributed by atoms with Gasteiger partial charge in [-0.2, -0.15) is 21.1 Å². The first-order valence-electron chi connectivity index (χ1n) is 17.2. The van der Waals surface area contributed by atoms with Gasteiger partial charge in [-0.25, -0.2) is 4.79 Å². The molecule has 15 nitrogen and oxygen atoms in total. The van der Waals surface area contributed by atoms with Gasteiger partial charge in [-0.15, -0.1) is 10.1 Å². The second kappa shape index (κ2) is 15.0. The number of amides is 3. The number of rotatable bonds is 7. The van der Waals surface area contributed by atoms with E-state index in [1.54, 1.807) is 36.7 Å². The lowest BCUT2D eigenvalue weighted by molar-refractivity contribution is -0.191. The SMILES string of the molecule is O=C=O.[C-]#[N+]N1C[C@@H]2CC[C@H](O)[C@H](C)[C@H]2C[C@H]1[C@@]1(CCn2cc(CNC(=O)C3CCCN3C(=O)OC(C)(C)C)nn2)C(=O)Nc2ccccc21. The van der Waals surface area contributed by atoms with Gasteiger partial charge in [0.2, 0.25) is 11.8 Å². The highest BCUT2D eigenvalue weighted by Crippen LogP contribution is 2.51. The van der Waals surface area contributed by atoms with Crippen LogP contribution in [0.4, 0.5) is 10.5 Å². The predicted molar refractivity (Wildman–Crippen MR) is 177 cm³/mol. The number of aryl methyl sites for hydroxylation is 1. The van der Waals surface area contributed by atoms with Crippen LogP contribution in [-0.2, 0) is 42.4 Å². The molecule has 1 aliphatic carbocycles. The Kier molecular flexibility index (Phi) is 10.9. The second-order valence-corrected chi connectivity index (χ2v) is 14.7. The van der Waals surface area contributed by atoms with Crippen LogP contribution in [0.15, 0.2) is 30.5 Å².